The molecule has 3 heteroatoms. The predicted molar refractivity (Wildman–Crippen MR) is 49.8 cm³/mol. The van der Waals surface area contributed by atoms with Gasteiger partial charge in [0.25, 0.3) is 0 Å². The summed E-state index contributed by atoms with van der Waals surface area (Å²) in [6, 6.07) is 7.11. The Morgan fingerprint density at radius 1 is 1.46 bits per heavy atom. The number of benzene rings is 1. The topological polar surface area (TPSA) is 33.0 Å². The summed E-state index contributed by atoms with van der Waals surface area (Å²) in [7, 11) is 0. The van der Waals surface area contributed by atoms with Crippen molar-refractivity contribution in [3.8, 4) is 11.8 Å². The molecule has 0 N–H and O–H groups in total. The average molecular weight is 194 g/mol. The maximum absolute atomic E-state index is 8.65. The van der Waals surface area contributed by atoms with Crippen molar-refractivity contribution in [2.75, 3.05) is 0 Å². The van der Waals surface area contributed by atoms with Crippen molar-refractivity contribution in [1.29, 1.82) is 5.26 Å². The standard InChI is InChI=1S/C10H8ClNO/c11-9-4-1-7(6-12)5-10(9)13-8-2-3-8/h1,4-5,8H,2-3H2. The van der Waals surface area contributed by atoms with Crippen LogP contribution in [0.25, 0.3) is 0 Å². The van der Waals surface area contributed by atoms with E-state index < -0.39 is 0 Å². The second-order valence-corrected chi connectivity index (χ2v) is 3.48. The molecule has 1 aromatic carbocycles. The number of nitriles is 1. The lowest BCUT2D eigenvalue weighted by Gasteiger charge is -2.05. The third kappa shape index (κ3) is 1.93. The number of hydrogen-bond donors (Lipinski definition) is 0. The van der Waals surface area contributed by atoms with Gasteiger partial charge in [-0.05, 0) is 31.0 Å². The van der Waals surface area contributed by atoms with Crippen LogP contribution >= 0.6 is 11.6 Å². The molecular weight excluding hydrogens is 186 g/mol. The third-order valence-corrected chi connectivity index (χ3v) is 2.19. The number of hydrogen-bond acceptors (Lipinski definition) is 2. The summed E-state index contributed by atoms with van der Waals surface area (Å²) in [4.78, 5) is 0. The fraction of sp³-hybridized carbons (Fsp3) is 0.300. The summed E-state index contributed by atoms with van der Waals surface area (Å²) in [5.41, 5.74) is 0.583. The van der Waals surface area contributed by atoms with Gasteiger partial charge >= 0.3 is 0 Å². The lowest BCUT2D eigenvalue weighted by molar-refractivity contribution is 0.303. The van der Waals surface area contributed by atoms with E-state index in [2.05, 4.69) is 0 Å². The third-order valence-electron chi connectivity index (χ3n) is 1.88. The summed E-state index contributed by atoms with van der Waals surface area (Å²) in [6.45, 7) is 0. The number of nitrogens with zero attached hydrogens (tertiary/aromatic N) is 1. The van der Waals surface area contributed by atoms with Gasteiger partial charge in [0.05, 0.1) is 22.8 Å². The first kappa shape index (κ1) is 8.40. The molecule has 0 aliphatic heterocycles. The molecule has 0 radical (unpaired) electrons. The van der Waals surface area contributed by atoms with Gasteiger partial charge in [0, 0.05) is 0 Å². The molecule has 0 atom stereocenters. The molecule has 2 rings (SSSR count). The predicted octanol–water partition coefficient (Wildman–Crippen LogP) is 2.75. The Kier molecular flexibility index (Phi) is 2.12. The van der Waals surface area contributed by atoms with Crippen molar-refractivity contribution in [1.82, 2.24) is 0 Å². The molecule has 0 aromatic heterocycles. The van der Waals surface area contributed by atoms with Crippen LogP contribution in [0, 0.1) is 11.3 Å². The second kappa shape index (κ2) is 3.27. The largest absolute Gasteiger partial charge is 0.489 e. The van der Waals surface area contributed by atoms with Crippen molar-refractivity contribution in [2.24, 2.45) is 0 Å². The quantitative estimate of drug-likeness (QED) is 0.724. The molecule has 0 bridgehead atoms. The van der Waals surface area contributed by atoms with E-state index in [-0.39, 0.29) is 0 Å². The number of rotatable bonds is 2. The van der Waals surface area contributed by atoms with Crippen molar-refractivity contribution < 1.29 is 4.74 Å². The molecule has 1 aliphatic carbocycles. The fourth-order valence-electron chi connectivity index (χ4n) is 1.03. The molecular formula is C10H8ClNO. The first-order valence-electron chi connectivity index (χ1n) is 4.16. The van der Waals surface area contributed by atoms with E-state index in [1.807, 2.05) is 6.07 Å². The van der Waals surface area contributed by atoms with E-state index in [1.54, 1.807) is 18.2 Å². The molecule has 1 aromatic rings. The number of ether oxygens (including phenoxy) is 1. The first-order valence-corrected chi connectivity index (χ1v) is 4.53. The molecule has 66 valence electrons. The Morgan fingerprint density at radius 2 is 2.23 bits per heavy atom. The molecule has 0 amide bonds. The van der Waals surface area contributed by atoms with Gasteiger partial charge in [0.1, 0.15) is 5.75 Å². The first-order chi connectivity index (χ1) is 6.29. The Morgan fingerprint density at radius 3 is 2.85 bits per heavy atom. The Hall–Kier alpha value is -1.20. The van der Waals surface area contributed by atoms with Crippen LogP contribution in [0.1, 0.15) is 18.4 Å². The van der Waals surface area contributed by atoms with Gasteiger partial charge in [-0.2, -0.15) is 5.26 Å². The molecule has 2 nitrogen and oxygen atoms in total. The normalized spacial score (nSPS) is 15.1. The van der Waals surface area contributed by atoms with Crippen LogP contribution in [0.2, 0.25) is 5.02 Å². The Labute approximate surface area is 81.7 Å². The molecule has 0 unspecified atom stereocenters. The highest BCUT2D eigenvalue weighted by molar-refractivity contribution is 6.32. The smallest absolute Gasteiger partial charge is 0.139 e. The monoisotopic (exact) mass is 193 g/mol. The highest BCUT2D eigenvalue weighted by Gasteiger charge is 2.24. The lowest BCUT2D eigenvalue weighted by Crippen LogP contribution is -1.96. The van der Waals surface area contributed by atoms with Crippen LogP contribution in [0.5, 0.6) is 5.75 Å². The lowest BCUT2D eigenvalue weighted by atomic mass is 10.2. The van der Waals surface area contributed by atoms with Crippen LogP contribution < -0.4 is 4.74 Å². The molecule has 13 heavy (non-hydrogen) atoms. The zero-order valence-corrected chi connectivity index (χ0v) is 7.71. The van der Waals surface area contributed by atoms with E-state index in [0.717, 1.165) is 12.8 Å². The molecule has 0 spiro atoms. The zero-order valence-electron chi connectivity index (χ0n) is 6.96. The van der Waals surface area contributed by atoms with Gasteiger partial charge in [-0.25, -0.2) is 0 Å². The van der Waals surface area contributed by atoms with Gasteiger partial charge < -0.3 is 4.74 Å². The van der Waals surface area contributed by atoms with Gasteiger partial charge in [-0.1, -0.05) is 11.6 Å². The van der Waals surface area contributed by atoms with Crippen LogP contribution in [0.15, 0.2) is 18.2 Å². The minimum Gasteiger partial charge on any atom is -0.489 e. The van der Waals surface area contributed by atoms with Gasteiger partial charge in [0.15, 0.2) is 0 Å². The molecule has 1 saturated carbocycles. The average Bonchev–Trinajstić information content (AvgIpc) is 2.93. The van der Waals surface area contributed by atoms with Crippen LogP contribution in [0.3, 0.4) is 0 Å². The van der Waals surface area contributed by atoms with Gasteiger partial charge in [-0.3, -0.25) is 0 Å². The zero-order chi connectivity index (χ0) is 9.26. The van der Waals surface area contributed by atoms with Gasteiger partial charge in [0.2, 0.25) is 0 Å². The van der Waals surface area contributed by atoms with Crippen LogP contribution in [-0.2, 0) is 0 Å². The molecule has 0 heterocycles. The van der Waals surface area contributed by atoms with E-state index in [0.29, 0.717) is 22.4 Å². The summed E-state index contributed by atoms with van der Waals surface area (Å²) in [5.74, 6) is 0.628. The van der Waals surface area contributed by atoms with E-state index in [1.165, 1.54) is 0 Å². The van der Waals surface area contributed by atoms with Crippen LogP contribution in [0.4, 0.5) is 0 Å². The highest BCUT2D eigenvalue weighted by Crippen LogP contribution is 2.32. The summed E-state index contributed by atoms with van der Waals surface area (Å²) in [6.07, 6.45) is 2.49. The van der Waals surface area contributed by atoms with E-state index in [4.69, 9.17) is 21.6 Å². The molecule has 1 aliphatic rings. The maximum Gasteiger partial charge on any atom is 0.139 e. The maximum atomic E-state index is 8.65. The minimum absolute atomic E-state index is 0.312. The fourth-order valence-corrected chi connectivity index (χ4v) is 1.19. The number of halogens is 1. The highest BCUT2D eigenvalue weighted by atomic mass is 35.5. The molecule has 1 fully saturated rings. The van der Waals surface area contributed by atoms with Crippen molar-refractivity contribution in [2.45, 2.75) is 18.9 Å². The summed E-state index contributed by atoms with van der Waals surface area (Å²) in [5, 5.41) is 9.23. The van der Waals surface area contributed by atoms with E-state index >= 15 is 0 Å². The second-order valence-electron chi connectivity index (χ2n) is 3.07. The van der Waals surface area contributed by atoms with Crippen molar-refractivity contribution >= 4 is 11.6 Å². The Balaban J connectivity index is 2.25. The van der Waals surface area contributed by atoms with Crippen molar-refractivity contribution in [3.05, 3.63) is 28.8 Å². The van der Waals surface area contributed by atoms with Gasteiger partial charge in [-0.15, -0.1) is 0 Å². The van der Waals surface area contributed by atoms with Crippen molar-refractivity contribution in [3.63, 3.8) is 0 Å². The Bertz CT molecular complexity index is 366. The minimum atomic E-state index is 0.312. The van der Waals surface area contributed by atoms with E-state index in [9.17, 15) is 0 Å². The van der Waals surface area contributed by atoms with Crippen LogP contribution in [-0.4, -0.2) is 6.10 Å². The summed E-state index contributed by atoms with van der Waals surface area (Å²) < 4.78 is 5.52. The molecule has 0 saturated heterocycles. The SMILES string of the molecule is N#Cc1ccc(Cl)c(OC2CC2)c1. The summed E-state index contributed by atoms with van der Waals surface area (Å²) >= 11 is 5.89.